The number of amides is 2. The van der Waals surface area contributed by atoms with Gasteiger partial charge in [0, 0.05) is 17.8 Å². The molecule has 1 spiro atoms. The van der Waals surface area contributed by atoms with Gasteiger partial charge in [0.15, 0.2) is 0 Å². The Bertz CT molecular complexity index is 934. The summed E-state index contributed by atoms with van der Waals surface area (Å²) in [5, 5.41) is 10.5. The molecule has 218 valence electrons. The van der Waals surface area contributed by atoms with Crippen molar-refractivity contribution in [2.45, 2.75) is 107 Å². The van der Waals surface area contributed by atoms with Crippen molar-refractivity contribution < 1.29 is 24.2 Å². The molecule has 1 N–H and O–H groups in total. The quantitative estimate of drug-likeness (QED) is 0.202. The highest BCUT2D eigenvalue weighted by atomic mass is 32.2. The van der Waals surface area contributed by atoms with Crippen LogP contribution in [0.15, 0.2) is 25.3 Å². The number of nitrogens with zero attached hydrogens (tertiary/aromatic N) is 2. The second-order valence-corrected chi connectivity index (χ2v) is 14.0. The molecule has 4 rings (SSSR count). The minimum atomic E-state index is -0.712. The zero-order valence-corrected chi connectivity index (χ0v) is 24.9. The van der Waals surface area contributed by atoms with Crippen LogP contribution < -0.4 is 0 Å². The molecule has 1 aliphatic carbocycles. The third-order valence-corrected chi connectivity index (χ3v) is 11.5. The van der Waals surface area contributed by atoms with Gasteiger partial charge < -0.3 is 19.6 Å². The number of aliphatic hydroxyl groups excluding tert-OH is 1. The number of hydrogen-bond acceptors (Lipinski definition) is 6. The van der Waals surface area contributed by atoms with Crippen LogP contribution in [0.3, 0.4) is 0 Å². The number of aliphatic hydroxyl groups is 1. The van der Waals surface area contributed by atoms with E-state index in [4.69, 9.17) is 4.74 Å². The molecule has 39 heavy (non-hydrogen) atoms. The van der Waals surface area contributed by atoms with E-state index in [-0.39, 0.29) is 47.5 Å². The van der Waals surface area contributed by atoms with Gasteiger partial charge in [0.05, 0.1) is 35.8 Å². The van der Waals surface area contributed by atoms with Crippen molar-refractivity contribution in [2.75, 3.05) is 19.8 Å². The van der Waals surface area contributed by atoms with E-state index in [1.807, 2.05) is 4.90 Å². The van der Waals surface area contributed by atoms with E-state index < -0.39 is 28.7 Å². The summed E-state index contributed by atoms with van der Waals surface area (Å²) in [6.45, 7) is 14.5. The Morgan fingerprint density at radius 2 is 1.95 bits per heavy atom. The summed E-state index contributed by atoms with van der Waals surface area (Å²) < 4.78 is 5.00. The lowest BCUT2D eigenvalue weighted by molar-refractivity contribution is -0.155. The zero-order valence-electron chi connectivity index (χ0n) is 24.1. The van der Waals surface area contributed by atoms with E-state index in [1.165, 1.54) is 6.42 Å². The number of likely N-dealkylation sites (tertiary alicyclic amines) is 1. The Kier molecular flexibility index (Phi) is 9.90. The van der Waals surface area contributed by atoms with Crippen LogP contribution in [0.5, 0.6) is 0 Å². The maximum Gasteiger partial charge on any atom is 0.310 e. The number of carbonyl (C=O) groups is 3. The lowest BCUT2D eigenvalue weighted by atomic mass is 9.66. The molecule has 8 heteroatoms. The predicted molar refractivity (Wildman–Crippen MR) is 155 cm³/mol. The van der Waals surface area contributed by atoms with Gasteiger partial charge in [-0.2, -0.15) is 0 Å². The van der Waals surface area contributed by atoms with Gasteiger partial charge in [0.1, 0.15) is 6.04 Å². The molecule has 3 aliphatic heterocycles. The monoisotopic (exact) mass is 560 g/mol. The fraction of sp³-hybridized carbons (Fsp3) is 0.774. The Hall–Kier alpha value is -1.80. The van der Waals surface area contributed by atoms with Gasteiger partial charge >= 0.3 is 5.97 Å². The summed E-state index contributed by atoms with van der Waals surface area (Å²) in [4.78, 5) is 46.4. The van der Waals surface area contributed by atoms with Crippen LogP contribution in [-0.4, -0.2) is 80.6 Å². The number of carbonyl (C=O) groups excluding carboxylic acids is 3. The third kappa shape index (κ3) is 5.44. The average Bonchev–Trinajstić information content (AvgIpc) is 3.52. The van der Waals surface area contributed by atoms with E-state index in [2.05, 4.69) is 33.9 Å². The predicted octanol–water partition coefficient (Wildman–Crippen LogP) is 4.59. The Morgan fingerprint density at radius 3 is 2.56 bits per heavy atom. The molecule has 1 saturated carbocycles. The molecular weight excluding hydrogens is 512 g/mol. The highest BCUT2D eigenvalue weighted by Crippen LogP contribution is 2.69. The van der Waals surface area contributed by atoms with Crippen molar-refractivity contribution in [1.82, 2.24) is 9.80 Å². The van der Waals surface area contributed by atoms with Crippen molar-refractivity contribution >= 4 is 29.5 Å². The van der Waals surface area contributed by atoms with Crippen LogP contribution in [0, 0.1) is 23.7 Å². The van der Waals surface area contributed by atoms with Crippen molar-refractivity contribution in [2.24, 2.45) is 23.7 Å². The molecule has 4 fully saturated rings. The van der Waals surface area contributed by atoms with Gasteiger partial charge in [-0.25, -0.2) is 0 Å². The standard InChI is InChI=1S/C31H48N2O5S/c1-6-8-12-16-38-30(37)25-24-18-21(5)31(39-24)26(25)28(35)33(23(19-34)17-20(3)4)27(31)29(36)32(15-7-2)22-13-10-9-11-14-22/h6-7,20-27,34H,1-2,8-19H2,3-5H3/t21?,23-,24-,25+,26+,27?,31?/m1/s1. The number of unbranched alkanes of at least 4 members (excludes halogenated alkanes) is 1. The molecular formula is C31H48N2O5S. The Labute approximate surface area is 238 Å². The SMILES string of the molecule is C=CCCCOC(=O)[C@@H]1[C@H]2C(=O)N([C@@H](CO)CC(C)C)C(C(=O)N(CC=C)C3CCCCC3)C23S[C@@H]1CC3C. The van der Waals surface area contributed by atoms with Crippen LogP contribution in [0.25, 0.3) is 0 Å². The second-order valence-electron chi connectivity index (χ2n) is 12.4. The molecule has 3 saturated heterocycles. The van der Waals surface area contributed by atoms with Crippen LogP contribution in [-0.2, 0) is 19.1 Å². The van der Waals surface area contributed by atoms with Gasteiger partial charge in [0.2, 0.25) is 11.8 Å². The largest absolute Gasteiger partial charge is 0.465 e. The van der Waals surface area contributed by atoms with Crippen molar-refractivity contribution in [1.29, 1.82) is 0 Å². The topological polar surface area (TPSA) is 87.1 Å². The summed E-state index contributed by atoms with van der Waals surface area (Å²) in [5.74, 6) is -1.39. The van der Waals surface area contributed by atoms with Crippen LogP contribution in [0.1, 0.15) is 78.6 Å². The zero-order chi connectivity index (χ0) is 28.3. The number of hydrogen-bond donors (Lipinski definition) is 1. The van der Waals surface area contributed by atoms with E-state index >= 15 is 0 Å². The first kappa shape index (κ1) is 30.2. The van der Waals surface area contributed by atoms with E-state index in [1.54, 1.807) is 28.8 Å². The maximum absolute atomic E-state index is 14.8. The molecule has 4 aliphatic rings. The molecule has 0 aromatic heterocycles. The van der Waals surface area contributed by atoms with Crippen molar-refractivity contribution in [3.8, 4) is 0 Å². The molecule has 2 amide bonds. The fourth-order valence-electron chi connectivity index (χ4n) is 7.83. The summed E-state index contributed by atoms with van der Waals surface area (Å²) >= 11 is 1.68. The molecule has 3 unspecified atom stereocenters. The van der Waals surface area contributed by atoms with Crippen molar-refractivity contribution in [3.05, 3.63) is 25.3 Å². The number of esters is 1. The summed E-state index contributed by atoms with van der Waals surface area (Å²) in [6, 6.07) is -1.06. The summed E-state index contributed by atoms with van der Waals surface area (Å²) in [7, 11) is 0. The maximum atomic E-state index is 14.8. The van der Waals surface area contributed by atoms with Gasteiger partial charge in [-0.3, -0.25) is 14.4 Å². The van der Waals surface area contributed by atoms with Crippen LogP contribution in [0.4, 0.5) is 0 Å². The minimum absolute atomic E-state index is 0.0418. The highest BCUT2D eigenvalue weighted by molar-refractivity contribution is 8.02. The normalized spacial score (nSPS) is 32.8. The molecule has 7 nitrogen and oxygen atoms in total. The smallest absolute Gasteiger partial charge is 0.310 e. The Balaban J connectivity index is 1.74. The van der Waals surface area contributed by atoms with Crippen molar-refractivity contribution in [3.63, 3.8) is 0 Å². The van der Waals surface area contributed by atoms with Gasteiger partial charge in [-0.05, 0) is 50.4 Å². The number of ether oxygens (including phenoxy) is 1. The first-order chi connectivity index (χ1) is 18.7. The fourth-order valence-corrected chi connectivity index (χ4v) is 10.2. The average molecular weight is 561 g/mol. The number of thioether (sulfide) groups is 1. The molecule has 0 aromatic carbocycles. The molecule has 3 heterocycles. The van der Waals surface area contributed by atoms with Gasteiger partial charge in [0.25, 0.3) is 0 Å². The first-order valence-corrected chi connectivity index (χ1v) is 15.9. The molecule has 7 atom stereocenters. The lowest BCUT2D eigenvalue weighted by Crippen LogP contribution is -2.60. The number of allylic oxidation sites excluding steroid dienone is 1. The highest BCUT2D eigenvalue weighted by Gasteiger charge is 2.77. The second kappa shape index (κ2) is 12.8. The number of fused-ring (bicyclic) bond motifs is 1. The van der Waals surface area contributed by atoms with E-state index in [0.29, 0.717) is 26.0 Å². The lowest BCUT2D eigenvalue weighted by Gasteiger charge is -2.44. The molecule has 0 radical (unpaired) electrons. The van der Waals surface area contributed by atoms with E-state index in [0.717, 1.165) is 38.5 Å². The van der Waals surface area contributed by atoms with E-state index in [9.17, 15) is 19.5 Å². The summed E-state index contributed by atoms with van der Waals surface area (Å²) in [5.41, 5.74) is 0. The molecule has 2 bridgehead atoms. The first-order valence-electron chi connectivity index (χ1n) is 15.0. The summed E-state index contributed by atoms with van der Waals surface area (Å²) in [6.07, 6.45) is 11.7. The number of rotatable bonds is 13. The minimum Gasteiger partial charge on any atom is -0.465 e. The van der Waals surface area contributed by atoms with Gasteiger partial charge in [-0.1, -0.05) is 52.2 Å². The third-order valence-electron chi connectivity index (χ3n) is 9.46. The van der Waals surface area contributed by atoms with Crippen LogP contribution >= 0.6 is 11.8 Å². The molecule has 0 aromatic rings. The van der Waals surface area contributed by atoms with Crippen LogP contribution in [0.2, 0.25) is 0 Å². The van der Waals surface area contributed by atoms with Gasteiger partial charge in [-0.15, -0.1) is 24.9 Å². The Morgan fingerprint density at radius 1 is 1.23 bits per heavy atom.